The van der Waals surface area contributed by atoms with Crippen molar-refractivity contribution in [2.45, 2.75) is 31.0 Å². The first-order valence-electron chi connectivity index (χ1n) is 6.84. The Morgan fingerprint density at radius 3 is 2.79 bits per heavy atom. The van der Waals surface area contributed by atoms with E-state index in [0.29, 0.717) is 0 Å². The maximum absolute atomic E-state index is 11.4. The zero-order valence-corrected chi connectivity index (χ0v) is 13.5. The second-order valence-electron chi connectivity index (χ2n) is 5.29. The van der Waals surface area contributed by atoms with Crippen molar-refractivity contribution in [1.29, 1.82) is 5.26 Å². The molecule has 0 radical (unpaired) electrons. The van der Waals surface area contributed by atoms with Crippen LogP contribution in [0.1, 0.15) is 22.4 Å². The number of amides is 1. The summed E-state index contributed by atoms with van der Waals surface area (Å²) in [6.07, 6.45) is -4.14. The molecule has 0 bridgehead atoms. The number of nitrogens with zero attached hydrogens (tertiary/aromatic N) is 3. The number of aromatic nitrogens is 2. The van der Waals surface area contributed by atoms with Crippen molar-refractivity contribution in [3.8, 4) is 6.07 Å². The Labute approximate surface area is 136 Å². The molecule has 1 aliphatic heterocycles. The van der Waals surface area contributed by atoms with Crippen LogP contribution < -0.4 is 5.73 Å². The second-order valence-corrected chi connectivity index (χ2v) is 7.16. The molecule has 5 N–H and O–H groups in total. The molecule has 12 heteroatoms. The van der Waals surface area contributed by atoms with Crippen LogP contribution in [0.25, 0.3) is 0 Å². The van der Waals surface area contributed by atoms with Crippen LogP contribution in [0, 0.1) is 11.3 Å². The Morgan fingerprint density at radius 1 is 1.58 bits per heavy atom. The van der Waals surface area contributed by atoms with Gasteiger partial charge in [0.05, 0.1) is 31.1 Å². The molecular formula is C12H17N4O7P. The van der Waals surface area contributed by atoms with E-state index in [9.17, 15) is 19.6 Å². The molecule has 1 fully saturated rings. The Hall–Kier alpha value is -1.80. The minimum Gasteiger partial charge on any atom is -0.387 e. The van der Waals surface area contributed by atoms with Crippen LogP contribution in [0.15, 0.2) is 6.33 Å². The van der Waals surface area contributed by atoms with Gasteiger partial charge in [-0.2, -0.15) is 5.26 Å². The average molecular weight is 360 g/mol. The molecule has 1 amide bonds. The lowest BCUT2D eigenvalue weighted by Crippen LogP contribution is -2.33. The van der Waals surface area contributed by atoms with Gasteiger partial charge in [-0.25, -0.2) is 4.98 Å². The van der Waals surface area contributed by atoms with E-state index in [2.05, 4.69) is 4.98 Å². The number of aliphatic hydroxyl groups is 2. The van der Waals surface area contributed by atoms with E-state index >= 15 is 0 Å². The molecule has 132 valence electrons. The van der Waals surface area contributed by atoms with Crippen LogP contribution in [0.2, 0.25) is 0 Å². The van der Waals surface area contributed by atoms with Crippen LogP contribution in [0.3, 0.4) is 0 Å². The summed E-state index contributed by atoms with van der Waals surface area (Å²) < 4.78 is 22.5. The molecule has 1 unspecified atom stereocenters. The number of primary amides is 1. The second kappa shape index (κ2) is 6.98. The number of imidazole rings is 1. The number of hydrogen-bond donors (Lipinski definition) is 4. The number of aliphatic hydroxyl groups excluding tert-OH is 2. The molecule has 1 aromatic rings. The van der Waals surface area contributed by atoms with Gasteiger partial charge in [0.25, 0.3) is 5.91 Å². The Bertz CT molecular complexity index is 709. The van der Waals surface area contributed by atoms with Gasteiger partial charge in [0.1, 0.15) is 24.0 Å². The van der Waals surface area contributed by atoms with Gasteiger partial charge >= 0.3 is 7.60 Å². The molecule has 24 heavy (non-hydrogen) atoms. The quantitative estimate of drug-likeness (QED) is 0.439. The fraction of sp³-hybridized carbons (Fsp3) is 0.583. The van der Waals surface area contributed by atoms with Crippen molar-refractivity contribution >= 4 is 13.5 Å². The number of carbonyl (C=O) groups excluding carboxylic acids is 1. The SMILES string of the molecule is CP(=O)(O)OC[C@H]1O[C@@H](n2cnc(C(N)=O)c2CC#N)[C@H](O)[C@@H]1O. The fourth-order valence-corrected chi connectivity index (χ4v) is 2.79. The van der Waals surface area contributed by atoms with Crippen LogP contribution in [0.5, 0.6) is 0 Å². The van der Waals surface area contributed by atoms with Crippen LogP contribution >= 0.6 is 7.60 Å². The lowest BCUT2D eigenvalue weighted by atomic mass is 10.1. The summed E-state index contributed by atoms with van der Waals surface area (Å²) in [5, 5.41) is 29.0. The van der Waals surface area contributed by atoms with Gasteiger partial charge in [-0.05, 0) is 0 Å². The Morgan fingerprint density at radius 2 is 2.25 bits per heavy atom. The average Bonchev–Trinajstić information content (AvgIpc) is 3.00. The zero-order chi connectivity index (χ0) is 18.1. The third kappa shape index (κ3) is 3.81. The minimum absolute atomic E-state index is 0.131. The largest absolute Gasteiger partial charge is 0.387 e. The van der Waals surface area contributed by atoms with Crippen LogP contribution in [-0.2, 0) is 20.2 Å². The van der Waals surface area contributed by atoms with Gasteiger partial charge < -0.3 is 34.7 Å². The van der Waals surface area contributed by atoms with Gasteiger partial charge in [0.15, 0.2) is 6.23 Å². The highest BCUT2D eigenvalue weighted by Gasteiger charge is 2.45. The Kier molecular flexibility index (Phi) is 5.39. The van der Waals surface area contributed by atoms with E-state index in [1.54, 1.807) is 0 Å². The van der Waals surface area contributed by atoms with Crippen LogP contribution in [-0.4, -0.2) is 62.1 Å². The molecule has 0 saturated carbocycles. The molecule has 11 nitrogen and oxygen atoms in total. The molecule has 0 aliphatic carbocycles. The summed E-state index contributed by atoms with van der Waals surface area (Å²) in [7, 11) is -3.78. The van der Waals surface area contributed by atoms with Gasteiger partial charge in [-0.3, -0.25) is 9.36 Å². The highest BCUT2D eigenvalue weighted by molar-refractivity contribution is 7.51. The first-order chi connectivity index (χ1) is 11.2. The summed E-state index contributed by atoms with van der Waals surface area (Å²) in [5.41, 5.74) is 5.17. The third-order valence-electron chi connectivity index (χ3n) is 3.47. The van der Waals surface area contributed by atoms with E-state index in [4.69, 9.17) is 25.1 Å². The number of carbonyl (C=O) groups is 1. The van der Waals surface area contributed by atoms with Crippen molar-refractivity contribution in [1.82, 2.24) is 9.55 Å². The standard InChI is InChI=1S/C12H17N4O7P/c1-24(20,21)22-4-7-9(17)10(18)12(23-7)16-5-15-8(11(14)19)6(16)2-3-13/h5,7,9-10,12,17-18H,2,4H2,1H3,(H2,14,19)(H,20,21)/t7-,9-,10-,12-/m1/s1. The van der Waals surface area contributed by atoms with E-state index < -0.39 is 44.6 Å². The monoisotopic (exact) mass is 360 g/mol. The number of hydrogen-bond acceptors (Lipinski definition) is 8. The molecular weight excluding hydrogens is 343 g/mol. The topological polar surface area (TPSA) is 181 Å². The van der Waals surface area contributed by atoms with E-state index in [1.807, 2.05) is 6.07 Å². The molecule has 1 aromatic heterocycles. The highest BCUT2D eigenvalue weighted by Crippen LogP contribution is 2.39. The van der Waals surface area contributed by atoms with E-state index in [-0.39, 0.29) is 17.8 Å². The van der Waals surface area contributed by atoms with Crippen molar-refractivity contribution in [3.63, 3.8) is 0 Å². The molecule has 5 atom stereocenters. The first kappa shape index (κ1) is 18.5. The van der Waals surface area contributed by atoms with Crippen molar-refractivity contribution in [2.75, 3.05) is 13.3 Å². The summed E-state index contributed by atoms with van der Waals surface area (Å²) >= 11 is 0. The van der Waals surface area contributed by atoms with Gasteiger partial charge in [0, 0.05) is 6.66 Å². The third-order valence-corrected chi connectivity index (χ3v) is 4.09. The highest BCUT2D eigenvalue weighted by atomic mass is 31.2. The number of ether oxygens (including phenoxy) is 1. The minimum atomic E-state index is -3.78. The maximum atomic E-state index is 11.4. The van der Waals surface area contributed by atoms with Gasteiger partial charge in [-0.1, -0.05) is 0 Å². The normalized spacial score (nSPS) is 29.1. The summed E-state index contributed by atoms with van der Waals surface area (Å²) in [6, 6.07) is 1.85. The van der Waals surface area contributed by atoms with Crippen LogP contribution in [0.4, 0.5) is 0 Å². The fourth-order valence-electron chi connectivity index (χ4n) is 2.37. The summed E-state index contributed by atoms with van der Waals surface area (Å²) in [6.45, 7) is 0.548. The first-order valence-corrected chi connectivity index (χ1v) is 8.87. The van der Waals surface area contributed by atoms with Gasteiger partial charge in [0.2, 0.25) is 0 Å². The number of nitrogens with two attached hydrogens (primary N) is 1. The lowest BCUT2D eigenvalue weighted by Gasteiger charge is -2.18. The van der Waals surface area contributed by atoms with Crippen molar-refractivity contribution in [3.05, 3.63) is 17.7 Å². The molecule has 0 spiro atoms. The summed E-state index contributed by atoms with van der Waals surface area (Å²) in [5.74, 6) is -0.848. The zero-order valence-electron chi connectivity index (χ0n) is 12.6. The predicted octanol–water partition coefficient (Wildman–Crippen LogP) is -1.50. The molecule has 0 aromatic carbocycles. The number of nitriles is 1. The molecule has 1 aliphatic rings. The van der Waals surface area contributed by atoms with E-state index in [0.717, 1.165) is 13.0 Å². The Balaban J connectivity index is 2.25. The lowest BCUT2D eigenvalue weighted by molar-refractivity contribution is -0.0510. The van der Waals surface area contributed by atoms with Crippen molar-refractivity contribution < 1.29 is 33.7 Å². The van der Waals surface area contributed by atoms with E-state index in [1.165, 1.54) is 4.57 Å². The van der Waals surface area contributed by atoms with Crippen molar-refractivity contribution in [2.24, 2.45) is 5.73 Å². The molecule has 2 heterocycles. The maximum Gasteiger partial charge on any atom is 0.325 e. The van der Waals surface area contributed by atoms with Gasteiger partial charge in [-0.15, -0.1) is 0 Å². The predicted molar refractivity (Wildman–Crippen MR) is 77.7 cm³/mol. The number of rotatable bonds is 6. The summed E-state index contributed by atoms with van der Waals surface area (Å²) in [4.78, 5) is 24.3. The molecule has 2 rings (SSSR count). The smallest absolute Gasteiger partial charge is 0.325 e. The molecule has 1 saturated heterocycles.